The van der Waals surface area contributed by atoms with Crippen LogP contribution in [0.4, 0.5) is 0 Å². The van der Waals surface area contributed by atoms with Crippen molar-refractivity contribution < 1.29 is 19.2 Å². The van der Waals surface area contributed by atoms with Crippen LogP contribution in [0.5, 0.6) is 0 Å². The van der Waals surface area contributed by atoms with Gasteiger partial charge < -0.3 is 19.6 Å². The third-order valence-electron chi connectivity index (χ3n) is 7.66. The summed E-state index contributed by atoms with van der Waals surface area (Å²) >= 11 is 0. The molecule has 0 amide bonds. The van der Waals surface area contributed by atoms with Gasteiger partial charge in [-0.15, -0.1) is 0 Å². The maximum absolute atomic E-state index is 8.88. The van der Waals surface area contributed by atoms with Crippen LogP contribution in [0.1, 0.15) is 175 Å². The highest BCUT2D eigenvalue weighted by Gasteiger charge is 2.30. The SMILES string of the molecule is CCCCCCCCCCCCC(CCC)(CCCCCCCCCCCC)N(C)C.O=P(O)(O)O. The van der Waals surface area contributed by atoms with Crippen molar-refractivity contribution in [2.45, 2.75) is 180 Å². The van der Waals surface area contributed by atoms with Crippen molar-refractivity contribution in [1.82, 2.24) is 4.90 Å². The highest BCUT2D eigenvalue weighted by atomic mass is 31.2. The Labute approximate surface area is 226 Å². The first-order chi connectivity index (χ1) is 17.1. The molecular formula is C30H66NO4P. The number of rotatable bonds is 25. The van der Waals surface area contributed by atoms with Crippen LogP contribution < -0.4 is 0 Å². The lowest BCUT2D eigenvalue weighted by molar-refractivity contribution is 0.107. The monoisotopic (exact) mass is 535 g/mol. The van der Waals surface area contributed by atoms with Crippen LogP contribution in [0.3, 0.4) is 0 Å². The largest absolute Gasteiger partial charge is 0.466 e. The second-order valence-corrected chi connectivity index (χ2v) is 12.3. The molecule has 0 atom stereocenters. The third kappa shape index (κ3) is 28.6. The average Bonchev–Trinajstić information content (AvgIpc) is 2.80. The molecule has 0 rings (SSSR count). The molecule has 0 radical (unpaired) electrons. The lowest BCUT2D eigenvalue weighted by Gasteiger charge is -2.41. The zero-order chi connectivity index (χ0) is 27.5. The van der Waals surface area contributed by atoms with E-state index in [2.05, 4.69) is 39.8 Å². The van der Waals surface area contributed by atoms with Crippen molar-refractivity contribution in [3.63, 3.8) is 0 Å². The Bertz CT molecular complexity index is 449. The molecule has 0 aromatic rings. The average molecular weight is 536 g/mol. The molecular weight excluding hydrogens is 469 g/mol. The van der Waals surface area contributed by atoms with Gasteiger partial charge in [0.1, 0.15) is 0 Å². The van der Waals surface area contributed by atoms with Crippen LogP contribution in [-0.2, 0) is 4.57 Å². The number of hydrogen-bond donors (Lipinski definition) is 3. The second kappa shape index (κ2) is 26.7. The van der Waals surface area contributed by atoms with E-state index in [9.17, 15) is 0 Å². The third-order valence-corrected chi connectivity index (χ3v) is 7.66. The molecule has 0 bridgehead atoms. The van der Waals surface area contributed by atoms with Gasteiger partial charge in [-0.25, -0.2) is 4.57 Å². The van der Waals surface area contributed by atoms with Crippen LogP contribution in [0.25, 0.3) is 0 Å². The molecule has 0 unspecified atom stereocenters. The first kappa shape index (κ1) is 38.2. The first-order valence-electron chi connectivity index (χ1n) is 15.6. The van der Waals surface area contributed by atoms with E-state index in [4.69, 9.17) is 19.2 Å². The van der Waals surface area contributed by atoms with E-state index in [-0.39, 0.29) is 0 Å². The van der Waals surface area contributed by atoms with Gasteiger partial charge in [0, 0.05) is 5.54 Å². The van der Waals surface area contributed by atoms with Gasteiger partial charge in [-0.1, -0.05) is 156 Å². The molecule has 0 aliphatic heterocycles. The standard InChI is InChI=1S/C30H63N.H3O4P/c1-6-9-11-13-15-17-19-21-23-25-28-30(27-8-3,31(4)5)29-26-24-22-20-18-16-14-12-10-7-2;1-5(2,3)4/h6-29H2,1-5H3;(H3,1,2,3,4). The van der Waals surface area contributed by atoms with E-state index in [1.165, 1.54) is 154 Å². The molecule has 220 valence electrons. The number of phosphoric acid groups is 1. The maximum atomic E-state index is 8.88. The lowest BCUT2D eigenvalue weighted by atomic mass is 9.81. The minimum Gasteiger partial charge on any atom is -0.304 e. The Hall–Kier alpha value is 0.0700. The van der Waals surface area contributed by atoms with Crippen LogP contribution in [0.15, 0.2) is 0 Å². The van der Waals surface area contributed by atoms with E-state index in [1.54, 1.807) is 0 Å². The van der Waals surface area contributed by atoms with Crippen LogP contribution in [-0.4, -0.2) is 39.2 Å². The van der Waals surface area contributed by atoms with Gasteiger partial charge in [0.25, 0.3) is 0 Å². The highest BCUT2D eigenvalue weighted by molar-refractivity contribution is 7.45. The molecule has 0 aromatic carbocycles. The molecule has 0 saturated carbocycles. The lowest BCUT2D eigenvalue weighted by Crippen LogP contribution is -2.44. The number of nitrogens with zero attached hydrogens (tertiary/aromatic N) is 1. The normalized spacial score (nSPS) is 12.1. The molecule has 0 fully saturated rings. The van der Waals surface area contributed by atoms with Crippen molar-refractivity contribution in [3.05, 3.63) is 0 Å². The molecule has 3 N–H and O–H groups in total. The summed E-state index contributed by atoms with van der Waals surface area (Å²) in [6, 6.07) is 0. The van der Waals surface area contributed by atoms with Gasteiger partial charge in [-0.05, 0) is 33.4 Å². The van der Waals surface area contributed by atoms with Gasteiger partial charge in [-0.2, -0.15) is 0 Å². The van der Waals surface area contributed by atoms with Gasteiger partial charge in [-0.3, -0.25) is 0 Å². The summed E-state index contributed by atoms with van der Waals surface area (Å²) in [7, 11) is 0.0600. The summed E-state index contributed by atoms with van der Waals surface area (Å²) in [5.41, 5.74) is 0.467. The van der Waals surface area contributed by atoms with Crippen molar-refractivity contribution in [1.29, 1.82) is 0 Å². The zero-order valence-electron chi connectivity index (χ0n) is 25.1. The quantitative estimate of drug-likeness (QED) is 0.0800. The van der Waals surface area contributed by atoms with Gasteiger partial charge in [0.2, 0.25) is 0 Å². The Balaban J connectivity index is 0. The van der Waals surface area contributed by atoms with Crippen molar-refractivity contribution in [2.24, 2.45) is 0 Å². The summed E-state index contributed by atoms with van der Waals surface area (Å²) in [6.07, 6.45) is 34.5. The minimum atomic E-state index is -4.64. The van der Waals surface area contributed by atoms with E-state index < -0.39 is 7.82 Å². The summed E-state index contributed by atoms with van der Waals surface area (Å²) in [6.45, 7) is 7.00. The fraction of sp³-hybridized carbons (Fsp3) is 1.00. The molecule has 0 aliphatic carbocycles. The fourth-order valence-electron chi connectivity index (χ4n) is 5.39. The van der Waals surface area contributed by atoms with Gasteiger partial charge >= 0.3 is 7.82 Å². The summed E-state index contributed by atoms with van der Waals surface area (Å²) in [5, 5.41) is 0. The Morgan fingerprint density at radius 2 is 0.722 bits per heavy atom. The minimum absolute atomic E-state index is 0.467. The van der Waals surface area contributed by atoms with E-state index in [1.807, 2.05) is 0 Å². The second-order valence-electron chi connectivity index (χ2n) is 11.2. The smallest absolute Gasteiger partial charge is 0.304 e. The zero-order valence-corrected chi connectivity index (χ0v) is 26.0. The molecule has 6 heteroatoms. The Morgan fingerprint density at radius 3 is 0.944 bits per heavy atom. The van der Waals surface area contributed by atoms with E-state index in [0.717, 1.165) is 0 Å². The summed E-state index contributed by atoms with van der Waals surface area (Å²) in [5.74, 6) is 0. The molecule has 0 spiro atoms. The van der Waals surface area contributed by atoms with Gasteiger partial charge in [0.15, 0.2) is 0 Å². The first-order valence-corrected chi connectivity index (χ1v) is 17.1. The topological polar surface area (TPSA) is 81.0 Å². The fourth-order valence-corrected chi connectivity index (χ4v) is 5.39. The van der Waals surface area contributed by atoms with E-state index >= 15 is 0 Å². The van der Waals surface area contributed by atoms with E-state index in [0.29, 0.717) is 5.54 Å². The Kier molecular flexibility index (Phi) is 28.3. The maximum Gasteiger partial charge on any atom is 0.466 e. The number of hydrogen-bond acceptors (Lipinski definition) is 2. The van der Waals surface area contributed by atoms with Crippen molar-refractivity contribution in [2.75, 3.05) is 14.1 Å². The molecule has 0 aliphatic rings. The highest BCUT2D eigenvalue weighted by Crippen LogP contribution is 2.32. The van der Waals surface area contributed by atoms with Crippen LogP contribution in [0, 0.1) is 0 Å². The summed E-state index contributed by atoms with van der Waals surface area (Å²) in [4.78, 5) is 24.2. The molecule has 0 saturated heterocycles. The molecule has 0 heterocycles. The predicted molar refractivity (Wildman–Crippen MR) is 159 cm³/mol. The van der Waals surface area contributed by atoms with Gasteiger partial charge in [0.05, 0.1) is 0 Å². The van der Waals surface area contributed by atoms with Crippen LogP contribution >= 0.6 is 7.82 Å². The molecule has 5 nitrogen and oxygen atoms in total. The molecule has 36 heavy (non-hydrogen) atoms. The molecule has 0 aromatic heterocycles. The van der Waals surface area contributed by atoms with Crippen molar-refractivity contribution in [3.8, 4) is 0 Å². The van der Waals surface area contributed by atoms with Crippen molar-refractivity contribution >= 4 is 7.82 Å². The predicted octanol–water partition coefficient (Wildman–Crippen LogP) is 9.78. The summed E-state index contributed by atoms with van der Waals surface area (Å²) < 4.78 is 8.88. The van der Waals surface area contributed by atoms with Crippen LogP contribution in [0.2, 0.25) is 0 Å². The number of unbranched alkanes of at least 4 members (excludes halogenated alkanes) is 18. The Morgan fingerprint density at radius 1 is 0.472 bits per heavy atom.